The summed E-state index contributed by atoms with van der Waals surface area (Å²) in [6, 6.07) is 37.3. The van der Waals surface area contributed by atoms with E-state index in [1.807, 2.05) is 48.8 Å². The zero-order valence-corrected chi connectivity index (χ0v) is 29.7. The fraction of sp³-hybridized carbons (Fsp3) is 0.238. The lowest BCUT2D eigenvalue weighted by Crippen LogP contribution is -2.27. The van der Waals surface area contributed by atoms with Crippen LogP contribution in [0.2, 0.25) is 0 Å². The molecule has 6 aromatic heterocycles. The van der Waals surface area contributed by atoms with E-state index in [-0.39, 0.29) is 0 Å². The summed E-state index contributed by atoms with van der Waals surface area (Å²) in [6.45, 7) is 4.40. The quantitative estimate of drug-likeness (QED) is 0.125. The van der Waals surface area contributed by atoms with E-state index in [0.29, 0.717) is 26.2 Å². The maximum atomic E-state index is 5.11. The Morgan fingerprint density at radius 2 is 0.904 bits per heavy atom. The van der Waals surface area contributed by atoms with Crippen LogP contribution in [-0.4, -0.2) is 61.9 Å². The highest BCUT2D eigenvalue weighted by Crippen LogP contribution is 2.19. The predicted molar refractivity (Wildman–Crippen MR) is 205 cm³/mol. The molecular weight excluding hydrogens is 645 g/mol. The van der Waals surface area contributed by atoms with E-state index in [9.17, 15) is 0 Å². The zero-order valence-electron chi connectivity index (χ0n) is 29.7. The van der Waals surface area contributed by atoms with Gasteiger partial charge in [-0.15, -0.1) is 0 Å². The van der Waals surface area contributed by atoms with Crippen LogP contribution in [0.3, 0.4) is 0 Å². The third-order valence-electron chi connectivity index (χ3n) is 9.73. The molecule has 0 radical (unpaired) electrons. The number of hydrogen-bond donors (Lipinski definition) is 0. The average Bonchev–Trinajstić information content (AvgIpc) is 3.68. The van der Waals surface area contributed by atoms with Gasteiger partial charge in [0.05, 0.1) is 44.8 Å². The topological polar surface area (TPSA) is 93.7 Å². The number of para-hydroxylation sites is 4. The number of pyridine rings is 4. The minimum absolute atomic E-state index is 0.673. The molecule has 0 saturated heterocycles. The minimum Gasteiger partial charge on any atom is -0.331 e. The number of nitrogens with zero attached hydrogens (tertiary/aromatic N) is 10. The number of hydrogen-bond acceptors (Lipinski definition) is 8. The van der Waals surface area contributed by atoms with Gasteiger partial charge >= 0.3 is 0 Å². The molecule has 10 nitrogen and oxygen atoms in total. The molecule has 0 aliphatic rings. The van der Waals surface area contributed by atoms with Crippen molar-refractivity contribution in [3.8, 4) is 0 Å². The van der Waals surface area contributed by atoms with Gasteiger partial charge in [-0.3, -0.25) is 19.8 Å². The SMILES string of the molecule is Cn1c(CCN(Cc2ccccn2)Cc2ccc3ccc(CN(CCc4nc5ccccc5n4C)Cc4ccccn4)nc3n2)nc2ccccc21. The van der Waals surface area contributed by atoms with Gasteiger partial charge in [-0.2, -0.15) is 0 Å². The lowest BCUT2D eigenvalue weighted by Gasteiger charge is -2.22. The Morgan fingerprint density at radius 1 is 0.462 bits per heavy atom. The van der Waals surface area contributed by atoms with Gasteiger partial charge in [0.2, 0.25) is 0 Å². The Labute approximate surface area is 303 Å². The standard InChI is InChI=1S/C42H42N10/c1-49-38-15-5-3-13-36(38)47-40(49)21-25-51(27-32-11-7-9-23-43-32)29-34-19-17-31-18-20-35(46-42(31)45-34)30-52(28-33-12-8-10-24-44-33)26-22-41-48-37-14-4-6-16-39(37)50(41)2/h3-20,23-24H,21-22,25-30H2,1-2H3. The number of aromatic nitrogens is 8. The van der Waals surface area contributed by atoms with Crippen molar-refractivity contribution in [1.29, 1.82) is 0 Å². The van der Waals surface area contributed by atoms with E-state index in [1.165, 1.54) is 0 Å². The summed E-state index contributed by atoms with van der Waals surface area (Å²) in [5, 5.41) is 1.03. The highest BCUT2D eigenvalue weighted by Gasteiger charge is 2.16. The van der Waals surface area contributed by atoms with Crippen molar-refractivity contribution < 1.29 is 0 Å². The first-order valence-electron chi connectivity index (χ1n) is 17.9. The van der Waals surface area contributed by atoms with Crippen molar-refractivity contribution in [2.24, 2.45) is 14.1 Å². The van der Waals surface area contributed by atoms with Gasteiger partial charge in [0.15, 0.2) is 5.65 Å². The maximum Gasteiger partial charge on any atom is 0.159 e. The minimum atomic E-state index is 0.673. The number of aryl methyl sites for hydroxylation is 2. The second-order valence-corrected chi connectivity index (χ2v) is 13.4. The van der Waals surface area contributed by atoms with Crippen molar-refractivity contribution in [1.82, 2.24) is 48.8 Å². The molecular formula is C42H42N10. The van der Waals surface area contributed by atoms with E-state index in [1.54, 1.807) is 0 Å². The third kappa shape index (κ3) is 7.58. The van der Waals surface area contributed by atoms with Crippen molar-refractivity contribution in [2.75, 3.05) is 13.1 Å². The first-order chi connectivity index (χ1) is 25.6. The lowest BCUT2D eigenvalue weighted by atomic mass is 10.2. The van der Waals surface area contributed by atoms with Gasteiger partial charge in [0, 0.05) is 84.0 Å². The molecule has 0 atom stereocenters. The second-order valence-electron chi connectivity index (χ2n) is 13.4. The monoisotopic (exact) mass is 686 g/mol. The molecule has 8 aromatic rings. The van der Waals surface area contributed by atoms with Gasteiger partial charge in [-0.05, 0) is 72.8 Å². The van der Waals surface area contributed by atoms with E-state index >= 15 is 0 Å². The molecule has 0 spiro atoms. The molecule has 0 aliphatic heterocycles. The molecule has 260 valence electrons. The van der Waals surface area contributed by atoms with Crippen LogP contribution in [0.15, 0.2) is 122 Å². The van der Waals surface area contributed by atoms with E-state index in [2.05, 4.69) is 116 Å². The summed E-state index contributed by atoms with van der Waals surface area (Å²) in [6.07, 6.45) is 5.34. The Balaban J connectivity index is 1.01. The van der Waals surface area contributed by atoms with Crippen LogP contribution in [0.25, 0.3) is 33.1 Å². The molecule has 0 N–H and O–H groups in total. The Morgan fingerprint density at radius 3 is 1.35 bits per heavy atom. The molecule has 52 heavy (non-hydrogen) atoms. The molecule has 2 aromatic carbocycles. The fourth-order valence-corrected chi connectivity index (χ4v) is 6.94. The third-order valence-corrected chi connectivity index (χ3v) is 9.73. The van der Waals surface area contributed by atoms with Crippen LogP contribution < -0.4 is 0 Å². The van der Waals surface area contributed by atoms with Crippen LogP contribution in [0.1, 0.15) is 34.4 Å². The van der Waals surface area contributed by atoms with Crippen LogP contribution in [-0.2, 0) is 53.1 Å². The van der Waals surface area contributed by atoms with E-state index in [4.69, 9.17) is 19.9 Å². The smallest absolute Gasteiger partial charge is 0.159 e. The maximum absolute atomic E-state index is 5.11. The second kappa shape index (κ2) is 15.2. The number of fused-ring (bicyclic) bond motifs is 3. The fourth-order valence-electron chi connectivity index (χ4n) is 6.94. The molecule has 10 heteroatoms. The Hall–Kier alpha value is -5.84. The lowest BCUT2D eigenvalue weighted by molar-refractivity contribution is 0.251. The zero-order chi connectivity index (χ0) is 35.3. The normalized spacial score (nSPS) is 11.8. The molecule has 0 unspecified atom stereocenters. The van der Waals surface area contributed by atoms with E-state index < -0.39 is 0 Å². The van der Waals surface area contributed by atoms with Crippen molar-refractivity contribution >= 4 is 33.1 Å². The molecule has 0 amide bonds. The van der Waals surface area contributed by atoms with E-state index in [0.717, 1.165) is 93.5 Å². The molecule has 0 fully saturated rings. The summed E-state index contributed by atoms with van der Waals surface area (Å²) in [5.41, 5.74) is 9.12. The summed E-state index contributed by atoms with van der Waals surface area (Å²) in [4.78, 5) is 34.1. The van der Waals surface area contributed by atoms with Crippen LogP contribution >= 0.6 is 0 Å². The number of benzene rings is 2. The highest BCUT2D eigenvalue weighted by molar-refractivity contribution is 5.76. The van der Waals surface area contributed by atoms with Gasteiger partial charge in [-0.25, -0.2) is 19.9 Å². The predicted octanol–water partition coefficient (Wildman–Crippen LogP) is 6.68. The first-order valence-corrected chi connectivity index (χ1v) is 17.9. The van der Waals surface area contributed by atoms with Crippen molar-refractivity contribution in [3.05, 3.63) is 156 Å². The Kier molecular flexibility index (Phi) is 9.73. The summed E-state index contributed by atoms with van der Waals surface area (Å²) in [5.74, 6) is 2.13. The van der Waals surface area contributed by atoms with Crippen LogP contribution in [0.5, 0.6) is 0 Å². The van der Waals surface area contributed by atoms with Gasteiger partial charge in [-0.1, -0.05) is 36.4 Å². The molecule has 8 rings (SSSR count). The number of rotatable bonds is 14. The van der Waals surface area contributed by atoms with Crippen LogP contribution in [0.4, 0.5) is 0 Å². The molecule has 0 saturated carbocycles. The summed E-state index contributed by atoms with van der Waals surface area (Å²) < 4.78 is 4.40. The average molecular weight is 687 g/mol. The summed E-state index contributed by atoms with van der Waals surface area (Å²) >= 11 is 0. The van der Waals surface area contributed by atoms with Gasteiger partial charge < -0.3 is 9.13 Å². The molecule has 0 aliphatic carbocycles. The molecule has 6 heterocycles. The largest absolute Gasteiger partial charge is 0.331 e. The van der Waals surface area contributed by atoms with Crippen molar-refractivity contribution in [3.63, 3.8) is 0 Å². The van der Waals surface area contributed by atoms with Crippen LogP contribution in [0, 0.1) is 0 Å². The summed E-state index contributed by atoms with van der Waals surface area (Å²) in [7, 11) is 4.19. The van der Waals surface area contributed by atoms with Gasteiger partial charge in [0.25, 0.3) is 0 Å². The van der Waals surface area contributed by atoms with Gasteiger partial charge in [0.1, 0.15) is 11.6 Å². The number of imidazole rings is 2. The van der Waals surface area contributed by atoms with Crippen molar-refractivity contribution in [2.45, 2.75) is 39.0 Å². The molecule has 0 bridgehead atoms. The highest BCUT2D eigenvalue weighted by atomic mass is 15.2. The Bertz CT molecular complexity index is 2250. The first kappa shape index (κ1) is 33.3.